The smallest absolute Gasteiger partial charge is 0.196 e. The predicted molar refractivity (Wildman–Crippen MR) is 57.9 cm³/mol. The summed E-state index contributed by atoms with van der Waals surface area (Å²) in [6.45, 7) is 8.60. The lowest BCUT2D eigenvalue weighted by Gasteiger charge is -2.26. The molecule has 1 saturated carbocycles. The average Bonchev–Trinajstić information content (AvgIpc) is 2.19. The maximum Gasteiger partial charge on any atom is 0.196 e. The predicted octanol–water partition coefficient (Wildman–Crippen LogP) is 3.48. The highest BCUT2D eigenvalue weighted by Crippen LogP contribution is 2.29. The van der Waals surface area contributed by atoms with E-state index in [1.54, 1.807) is 0 Å². The largest absolute Gasteiger partial charge is 0.470 e. The fraction of sp³-hybridized carbons (Fsp3) is 0.833. The van der Waals surface area contributed by atoms with Crippen LogP contribution in [0.4, 0.5) is 0 Å². The molecule has 2 nitrogen and oxygen atoms in total. The van der Waals surface area contributed by atoms with Gasteiger partial charge in [0.15, 0.2) is 6.29 Å². The molecule has 14 heavy (non-hydrogen) atoms. The van der Waals surface area contributed by atoms with E-state index in [2.05, 4.69) is 6.58 Å². The Morgan fingerprint density at radius 2 is 2.00 bits per heavy atom. The molecular weight excluding hydrogens is 176 g/mol. The van der Waals surface area contributed by atoms with Gasteiger partial charge < -0.3 is 9.47 Å². The van der Waals surface area contributed by atoms with Crippen molar-refractivity contribution in [3.05, 3.63) is 12.3 Å². The second kappa shape index (κ2) is 6.07. The van der Waals surface area contributed by atoms with Crippen LogP contribution in [-0.2, 0) is 9.47 Å². The molecule has 0 radical (unpaired) electrons. The van der Waals surface area contributed by atoms with Crippen LogP contribution in [0, 0.1) is 5.92 Å². The van der Waals surface area contributed by atoms with E-state index in [1.165, 1.54) is 32.1 Å². The number of hydrogen-bond acceptors (Lipinski definition) is 2. The van der Waals surface area contributed by atoms with Gasteiger partial charge in [0.25, 0.3) is 0 Å². The van der Waals surface area contributed by atoms with Gasteiger partial charge in [-0.2, -0.15) is 0 Å². The van der Waals surface area contributed by atoms with Crippen LogP contribution in [0.5, 0.6) is 0 Å². The van der Waals surface area contributed by atoms with Crippen molar-refractivity contribution in [3.8, 4) is 0 Å². The lowest BCUT2D eigenvalue weighted by atomic mass is 9.88. The topological polar surface area (TPSA) is 18.5 Å². The SMILES string of the molecule is C=C(OC(C)OCC)C1CCCCC1. The van der Waals surface area contributed by atoms with E-state index in [1.807, 2.05) is 13.8 Å². The van der Waals surface area contributed by atoms with Gasteiger partial charge in [-0.25, -0.2) is 0 Å². The number of allylic oxidation sites excluding steroid dienone is 1. The van der Waals surface area contributed by atoms with Crippen LogP contribution in [0.25, 0.3) is 0 Å². The molecular formula is C12H22O2. The molecule has 0 bridgehead atoms. The third-order valence-electron chi connectivity index (χ3n) is 2.78. The fourth-order valence-corrected chi connectivity index (χ4v) is 2.00. The molecule has 1 atom stereocenters. The zero-order valence-electron chi connectivity index (χ0n) is 9.42. The molecule has 0 aromatic carbocycles. The second-order valence-electron chi connectivity index (χ2n) is 3.94. The highest BCUT2D eigenvalue weighted by atomic mass is 16.7. The van der Waals surface area contributed by atoms with Gasteiger partial charge in [0.05, 0.1) is 5.76 Å². The van der Waals surface area contributed by atoms with Gasteiger partial charge >= 0.3 is 0 Å². The van der Waals surface area contributed by atoms with E-state index in [0.717, 1.165) is 5.76 Å². The lowest BCUT2D eigenvalue weighted by molar-refractivity contribution is -0.107. The van der Waals surface area contributed by atoms with Crippen LogP contribution in [0.1, 0.15) is 46.0 Å². The first-order chi connectivity index (χ1) is 6.74. The Kier molecular flexibility index (Phi) is 5.02. The minimum atomic E-state index is -0.144. The standard InChI is InChI=1S/C12H22O2/c1-4-13-11(3)14-10(2)12-8-6-5-7-9-12/h11-12H,2,4-9H2,1,3H3. The molecule has 0 aromatic heterocycles. The first-order valence-corrected chi connectivity index (χ1v) is 5.71. The van der Waals surface area contributed by atoms with Gasteiger partial charge in [0.2, 0.25) is 0 Å². The molecule has 2 heteroatoms. The van der Waals surface area contributed by atoms with E-state index >= 15 is 0 Å². The molecule has 0 heterocycles. The van der Waals surface area contributed by atoms with Crippen molar-refractivity contribution in [1.29, 1.82) is 0 Å². The summed E-state index contributed by atoms with van der Waals surface area (Å²) in [7, 11) is 0. The molecule has 0 N–H and O–H groups in total. The molecule has 1 aliphatic carbocycles. The molecule has 1 unspecified atom stereocenters. The second-order valence-corrected chi connectivity index (χ2v) is 3.94. The number of rotatable bonds is 5. The average molecular weight is 198 g/mol. The fourth-order valence-electron chi connectivity index (χ4n) is 2.00. The molecule has 1 fully saturated rings. The lowest BCUT2D eigenvalue weighted by Crippen LogP contribution is -2.17. The van der Waals surface area contributed by atoms with E-state index < -0.39 is 0 Å². The van der Waals surface area contributed by atoms with Crippen molar-refractivity contribution in [1.82, 2.24) is 0 Å². The van der Waals surface area contributed by atoms with Gasteiger partial charge in [0, 0.05) is 12.5 Å². The molecule has 1 aliphatic rings. The van der Waals surface area contributed by atoms with Gasteiger partial charge in [-0.1, -0.05) is 25.8 Å². The van der Waals surface area contributed by atoms with Crippen molar-refractivity contribution in [2.24, 2.45) is 5.92 Å². The summed E-state index contributed by atoms with van der Waals surface area (Å²) in [6.07, 6.45) is 6.32. The number of hydrogen-bond donors (Lipinski definition) is 0. The van der Waals surface area contributed by atoms with Crippen LogP contribution in [-0.4, -0.2) is 12.9 Å². The zero-order chi connectivity index (χ0) is 10.4. The molecule has 0 aromatic rings. The maximum atomic E-state index is 5.61. The first kappa shape index (κ1) is 11.6. The maximum absolute atomic E-state index is 5.61. The van der Waals surface area contributed by atoms with E-state index in [4.69, 9.17) is 9.47 Å². The Hall–Kier alpha value is -0.500. The summed E-state index contributed by atoms with van der Waals surface area (Å²) in [4.78, 5) is 0. The van der Waals surface area contributed by atoms with Crippen LogP contribution in [0.2, 0.25) is 0 Å². The van der Waals surface area contributed by atoms with Crippen LogP contribution in [0.15, 0.2) is 12.3 Å². The van der Waals surface area contributed by atoms with E-state index in [-0.39, 0.29) is 6.29 Å². The van der Waals surface area contributed by atoms with Crippen molar-refractivity contribution >= 4 is 0 Å². The highest BCUT2D eigenvalue weighted by molar-refractivity contribution is 4.92. The Labute approximate surface area is 87.3 Å². The Balaban J connectivity index is 2.25. The molecule has 82 valence electrons. The minimum absolute atomic E-state index is 0.144. The Morgan fingerprint density at radius 3 is 2.57 bits per heavy atom. The van der Waals surface area contributed by atoms with Crippen LogP contribution in [0.3, 0.4) is 0 Å². The molecule has 0 spiro atoms. The third kappa shape index (κ3) is 3.70. The highest BCUT2D eigenvalue weighted by Gasteiger charge is 2.18. The van der Waals surface area contributed by atoms with E-state index in [0.29, 0.717) is 12.5 Å². The zero-order valence-corrected chi connectivity index (χ0v) is 9.42. The van der Waals surface area contributed by atoms with Gasteiger partial charge in [-0.3, -0.25) is 0 Å². The third-order valence-corrected chi connectivity index (χ3v) is 2.78. The quantitative estimate of drug-likeness (QED) is 0.497. The Morgan fingerprint density at radius 1 is 1.36 bits per heavy atom. The molecule has 0 aliphatic heterocycles. The van der Waals surface area contributed by atoms with Crippen LogP contribution >= 0.6 is 0 Å². The Bertz CT molecular complexity index is 171. The van der Waals surface area contributed by atoms with Gasteiger partial charge in [0.1, 0.15) is 0 Å². The van der Waals surface area contributed by atoms with Crippen molar-refractivity contribution in [3.63, 3.8) is 0 Å². The molecule has 0 saturated heterocycles. The van der Waals surface area contributed by atoms with Crippen LogP contribution < -0.4 is 0 Å². The van der Waals surface area contributed by atoms with Gasteiger partial charge in [-0.05, 0) is 26.7 Å². The monoisotopic (exact) mass is 198 g/mol. The van der Waals surface area contributed by atoms with Crippen molar-refractivity contribution in [2.75, 3.05) is 6.61 Å². The van der Waals surface area contributed by atoms with Gasteiger partial charge in [-0.15, -0.1) is 0 Å². The summed E-state index contributed by atoms with van der Waals surface area (Å²) >= 11 is 0. The molecule has 0 amide bonds. The number of ether oxygens (including phenoxy) is 2. The van der Waals surface area contributed by atoms with Crippen molar-refractivity contribution in [2.45, 2.75) is 52.2 Å². The first-order valence-electron chi connectivity index (χ1n) is 5.71. The van der Waals surface area contributed by atoms with Crippen molar-refractivity contribution < 1.29 is 9.47 Å². The summed E-state index contributed by atoms with van der Waals surface area (Å²) in [5, 5.41) is 0. The summed E-state index contributed by atoms with van der Waals surface area (Å²) < 4.78 is 10.9. The van der Waals surface area contributed by atoms with E-state index in [9.17, 15) is 0 Å². The molecule has 1 rings (SSSR count). The normalized spacial score (nSPS) is 20.4. The summed E-state index contributed by atoms with van der Waals surface area (Å²) in [5.74, 6) is 1.48. The summed E-state index contributed by atoms with van der Waals surface area (Å²) in [5.41, 5.74) is 0. The minimum Gasteiger partial charge on any atom is -0.470 e. The summed E-state index contributed by atoms with van der Waals surface area (Å²) in [6, 6.07) is 0.